The Morgan fingerprint density at radius 3 is 2.51 bits per heavy atom. The smallest absolute Gasteiger partial charge is 0.345 e. The normalized spacial score (nSPS) is 11.0. The van der Waals surface area contributed by atoms with Crippen molar-refractivity contribution in [2.24, 2.45) is 5.10 Å². The van der Waals surface area contributed by atoms with Gasteiger partial charge in [0.05, 0.1) is 23.4 Å². The number of carbonyl (C=O) groups excluding carboxylic acids is 2. The number of amides is 1. The maximum atomic E-state index is 12.8. The molecular formula is C29H24Cl2N2O4. The Bertz CT molecular complexity index is 1450. The number of esters is 1. The highest BCUT2D eigenvalue weighted by molar-refractivity contribution is 6.36. The van der Waals surface area contributed by atoms with Crippen LogP contribution in [0.1, 0.15) is 46.0 Å². The number of unbranched alkanes of at least 4 members (excludes halogenated alkanes) is 1. The van der Waals surface area contributed by atoms with Crippen molar-refractivity contribution in [2.75, 3.05) is 6.61 Å². The fourth-order valence-corrected chi connectivity index (χ4v) is 4.05. The molecule has 8 heteroatoms. The zero-order valence-corrected chi connectivity index (χ0v) is 21.6. The Balaban J connectivity index is 1.53. The first-order valence-electron chi connectivity index (χ1n) is 11.7. The third kappa shape index (κ3) is 6.67. The van der Waals surface area contributed by atoms with Crippen LogP contribution >= 0.6 is 23.2 Å². The Morgan fingerprint density at radius 2 is 1.76 bits per heavy atom. The molecule has 6 nitrogen and oxygen atoms in total. The summed E-state index contributed by atoms with van der Waals surface area (Å²) < 4.78 is 11.3. The third-order valence-electron chi connectivity index (χ3n) is 5.53. The van der Waals surface area contributed by atoms with Crippen LogP contribution in [0.3, 0.4) is 0 Å². The Morgan fingerprint density at radius 1 is 0.973 bits per heavy atom. The largest absolute Gasteiger partial charge is 0.494 e. The van der Waals surface area contributed by atoms with Gasteiger partial charge in [-0.05, 0) is 65.7 Å². The maximum Gasteiger partial charge on any atom is 0.345 e. The highest BCUT2D eigenvalue weighted by Crippen LogP contribution is 2.29. The summed E-state index contributed by atoms with van der Waals surface area (Å²) in [5.41, 5.74) is 3.66. The first kappa shape index (κ1) is 26.2. The molecule has 0 aromatic heterocycles. The average molecular weight is 535 g/mol. The van der Waals surface area contributed by atoms with Gasteiger partial charge in [-0.3, -0.25) is 4.79 Å². The van der Waals surface area contributed by atoms with Crippen LogP contribution in [0.15, 0.2) is 84.0 Å². The molecule has 37 heavy (non-hydrogen) atoms. The first-order valence-corrected chi connectivity index (χ1v) is 12.5. The number of hydrogen-bond acceptors (Lipinski definition) is 5. The number of nitrogens with zero attached hydrogens (tertiary/aromatic N) is 1. The third-order valence-corrected chi connectivity index (χ3v) is 6.08. The number of hydrogen-bond donors (Lipinski definition) is 1. The molecule has 1 amide bonds. The highest BCUT2D eigenvalue weighted by Gasteiger charge is 2.16. The summed E-state index contributed by atoms with van der Waals surface area (Å²) in [7, 11) is 0. The molecule has 0 fully saturated rings. The van der Waals surface area contributed by atoms with E-state index in [1.807, 2.05) is 30.3 Å². The molecule has 0 radical (unpaired) electrons. The Kier molecular flexibility index (Phi) is 8.77. The predicted octanol–water partition coefficient (Wildman–Crippen LogP) is 7.31. The van der Waals surface area contributed by atoms with E-state index in [-0.39, 0.29) is 22.2 Å². The molecule has 0 spiro atoms. The van der Waals surface area contributed by atoms with Crippen molar-refractivity contribution in [3.05, 3.63) is 106 Å². The van der Waals surface area contributed by atoms with Gasteiger partial charge in [0.1, 0.15) is 11.5 Å². The lowest BCUT2D eigenvalue weighted by atomic mass is 10.0. The average Bonchev–Trinajstić information content (AvgIpc) is 2.90. The molecule has 4 rings (SSSR count). The molecule has 0 saturated carbocycles. The highest BCUT2D eigenvalue weighted by atomic mass is 35.5. The van der Waals surface area contributed by atoms with Crippen LogP contribution in [0.2, 0.25) is 10.0 Å². The second-order valence-corrected chi connectivity index (χ2v) is 8.98. The number of fused-ring (bicyclic) bond motifs is 1. The van der Waals surface area contributed by atoms with Crippen LogP contribution in [0.4, 0.5) is 0 Å². The monoisotopic (exact) mass is 534 g/mol. The standard InChI is InChI=1S/C29H24Cl2N2O4/c1-2-3-16-36-22-12-8-20(9-13-22)28(34)33-32-18-25-23-7-5-4-6-19(23)10-15-27(25)37-29(35)24-14-11-21(30)17-26(24)31/h4-15,17-18H,2-3,16H2,1H3,(H,33,34)/b32-18-. The van der Waals surface area contributed by atoms with E-state index in [0.29, 0.717) is 28.5 Å². The van der Waals surface area contributed by atoms with Gasteiger partial charge in [-0.2, -0.15) is 5.10 Å². The molecule has 0 atom stereocenters. The van der Waals surface area contributed by atoms with E-state index in [1.165, 1.54) is 18.3 Å². The van der Waals surface area contributed by atoms with Crippen LogP contribution in [-0.2, 0) is 0 Å². The summed E-state index contributed by atoms with van der Waals surface area (Å²) in [6.45, 7) is 2.73. The number of hydrazone groups is 1. The van der Waals surface area contributed by atoms with Crippen molar-refractivity contribution in [3.63, 3.8) is 0 Å². The second-order valence-electron chi connectivity index (χ2n) is 8.14. The fourth-order valence-electron chi connectivity index (χ4n) is 3.56. The topological polar surface area (TPSA) is 77.0 Å². The minimum Gasteiger partial charge on any atom is -0.494 e. The van der Waals surface area contributed by atoms with Gasteiger partial charge < -0.3 is 9.47 Å². The van der Waals surface area contributed by atoms with E-state index in [1.54, 1.807) is 36.4 Å². The van der Waals surface area contributed by atoms with Gasteiger partial charge in [-0.1, -0.05) is 66.9 Å². The molecule has 4 aromatic rings. The van der Waals surface area contributed by atoms with Gasteiger partial charge in [0.15, 0.2) is 0 Å². The molecular weight excluding hydrogens is 511 g/mol. The zero-order chi connectivity index (χ0) is 26.2. The zero-order valence-electron chi connectivity index (χ0n) is 20.0. The van der Waals surface area contributed by atoms with E-state index in [2.05, 4.69) is 17.5 Å². The minimum absolute atomic E-state index is 0.178. The van der Waals surface area contributed by atoms with Crippen molar-refractivity contribution in [3.8, 4) is 11.5 Å². The summed E-state index contributed by atoms with van der Waals surface area (Å²) in [6, 6.07) is 22.5. The van der Waals surface area contributed by atoms with E-state index >= 15 is 0 Å². The van der Waals surface area contributed by atoms with Crippen LogP contribution in [0.25, 0.3) is 10.8 Å². The lowest BCUT2D eigenvalue weighted by molar-refractivity contribution is 0.0734. The lowest BCUT2D eigenvalue weighted by Crippen LogP contribution is -2.17. The Hall–Kier alpha value is -3.87. The number of carbonyl (C=O) groups is 2. The molecule has 0 aliphatic rings. The summed E-state index contributed by atoms with van der Waals surface area (Å²) in [4.78, 5) is 25.4. The molecule has 0 bridgehead atoms. The van der Waals surface area contributed by atoms with E-state index in [4.69, 9.17) is 32.7 Å². The van der Waals surface area contributed by atoms with Gasteiger partial charge in [0, 0.05) is 16.1 Å². The molecule has 1 N–H and O–H groups in total. The van der Waals surface area contributed by atoms with E-state index < -0.39 is 5.97 Å². The summed E-state index contributed by atoms with van der Waals surface area (Å²) in [5, 5.41) is 6.43. The first-order chi connectivity index (χ1) is 18.0. The summed E-state index contributed by atoms with van der Waals surface area (Å²) >= 11 is 12.1. The van der Waals surface area contributed by atoms with Crippen LogP contribution in [-0.4, -0.2) is 24.7 Å². The number of halogens is 2. The molecule has 0 saturated heterocycles. The Labute approximate surface area is 224 Å². The number of ether oxygens (including phenoxy) is 2. The number of benzene rings is 4. The quantitative estimate of drug-likeness (QED) is 0.0802. The van der Waals surface area contributed by atoms with Gasteiger partial charge in [0.2, 0.25) is 0 Å². The minimum atomic E-state index is -0.642. The molecule has 0 heterocycles. The van der Waals surface area contributed by atoms with Crippen molar-refractivity contribution in [1.29, 1.82) is 0 Å². The van der Waals surface area contributed by atoms with Gasteiger partial charge in [-0.15, -0.1) is 0 Å². The van der Waals surface area contributed by atoms with Crippen LogP contribution in [0, 0.1) is 0 Å². The van der Waals surface area contributed by atoms with Crippen LogP contribution in [0.5, 0.6) is 11.5 Å². The van der Waals surface area contributed by atoms with Crippen molar-refractivity contribution >= 4 is 52.1 Å². The summed E-state index contributed by atoms with van der Waals surface area (Å²) in [5.74, 6) is -0.0576. The summed E-state index contributed by atoms with van der Waals surface area (Å²) in [6.07, 6.45) is 3.47. The van der Waals surface area contributed by atoms with Crippen LogP contribution < -0.4 is 14.9 Å². The lowest BCUT2D eigenvalue weighted by Gasteiger charge is -2.11. The predicted molar refractivity (Wildman–Crippen MR) is 147 cm³/mol. The second kappa shape index (κ2) is 12.4. The molecule has 188 valence electrons. The van der Waals surface area contributed by atoms with Crippen molar-refractivity contribution < 1.29 is 19.1 Å². The van der Waals surface area contributed by atoms with Gasteiger partial charge in [-0.25, -0.2) is 10.2 Å². The molecule has 0 aliphatic heterocycles. The number of rotatable bonds is 9. The maximum absolute atomic E-state index is 12.8. The molecule has 4 aromatic carbocycles. The van der Waals surface area contributed by atoms with E-state index in [9.17, 15) is 9.59 Å². The molecule has 0 aliphatic carbocycles. The SMILES string of the molecule is CCCCOc1ccc(C(=O)N/N=C\c2c(OC(=O)c3ccc(Cl)cc3Cl)ccc3ccccc23)cc1. The van der Waals surface area contributed by atoms with Gasteiger partial charge >= 0.3 is 5.97 Å². The fraction of sp³-hybridized carbons (Fsp3) is 0.138. The van der Waals surface area contributed by atoms with Crippen molar-refractivity contribution in [2.45, 2.75) is 19.8 Å². The van der Waals surface area contributed by atoms with Crippen molar-refractivity contribution in [1.82, 2.24) is 5.43 Å². The molecule has 0 unspecified atom stereocenters. The number of nitrogens with one attached hydrogen (secondary N) is 1. The van der Waals surface area contributed by atoms with E-state index in [0.717, 1.165) is 23.6 Å². The van der Waals surface area contributed by atoms with Gasteiger partial charge in [0.25, 0.3) is 5.91 Å².